The van der Waals surface area contributed by atoms with Crippen LogP contribution in [0.4, 0.5) is 0 Å². The third kappa shape index (κ3) is 3.23. The molecule has 0 spiro atoms. The number of hydrazine groups is 1. The van der Waals surface area contributed by atoms with Crippen LogP contribution in [0.5, 0.6) is 0 Å². The number of carbonyl (C=O) groups excluding carboxylic acids is 1. The van der Waals surface area contributed by atoms with Gasteiger partial charge in [-0.25, -0.2) is 19.0 Å². The molecule has 0 aliphatic rings. The molecule has 1 aromatic carbocycles. The molecule has 0 unspecified atom stereocenters. The first-order chi connectivity index (χ1) is 9.54. The molecule has 6 nitrogen and oxygen atoms in total. The highest BCUT2D eigenvalue weighted by molar-refractivity contribution is 7.89. The molecule has 0 aliphatic carbocycles. The normalized spacial score (nSPS) is 11.2. The molecule has 4 N–H and O–H groups in total. The van der Waals surface area contributed by atoms with Crippen molar-refractivity contribution in [3.8, 4) is 0 Å². The van der Waals surface area contributed by atoms with Crippen molar-refractivity contribution < 1.29 is 13.2 Å². The van der Waals surface area contributed by atoms with E-state index in [9.17, 15) is 13.2 Å². The van der Waals surface area contributed by atoms with E-state index in [1.807, 2.05) is 35.8 Å². The first kappa shape index (κ1) is 14.7. The van der Waals surface area contributed by atoms with E-state index in [0.29, 0.717) is 0 Å². The van der Waals surface area contributed by atoms with Crippen LogP contribution >= 0.6 is 11.3 Å². The van der Waals surface area contributed by atoms with E-state index in [-0.39, 0.29) is 17.0 Å². The molecule has 0 radical (unpaired) electrons. The first-order valence-corrected chi connectivity index (χ1v) is 8.08. The van der Waals surface area contributed by atoms with Gasteiger partial charge in [0.25, 0.3) is 5.91 Å². The van der Waals surface area contributed by atoms with Crippen molar-refractivity contribution in [3.05, 3.63) is 52.2 Å². The average Bonchev–Trinajstić information content (AvgIpc) is 2.96. The lowest BCUT2D eigenvalue weighted by atomic mass is 10.2. The van der Waals surface area contributed by atoms with Crippen LogP contribution in [0.15, 0.2) is 46.0 Å². The SMILES string of the molecule is NNC(=O)c1cscc1S(=O)(=O)NCc1ccccc1. The number of hydrogen-bond acceptors (Lipinski definition) is 5. The summed E-state index contributed by atoms with van der Waals surface area (Å²) in [4.78, 5) is 11.4. The summed E-state index contributed by atoms with van der Waals surface area (Å²) >= 11 is 1.12. The maximum absolute atomic E-state index is 12.2. The molecule has 0 aliphatic heterocycles. The van der Waals surface area contributed by atoms with Gasteiger partial charge in [-0.1, -0.05) is 30.3 Å². The second-order valence-corrected chi connectivity index (χ2v) is 6.41. The van der Waals surface area contributed by atoms with E-state index < -0.39 is 15.9 Å². The molecule has 0 fully saturated rings. The molecule has 1 aromatic heterocycles. The van der Waals surface area contributed by atoms with E-state index in [1.165, 1.54) is 10.8 Å². The Balaban J connectivity index is 2.19. The molecule has 106 valence electrons. The van der Waals surface area contributed by atoms with Crippen LogP contribution in [0.1, 0.15) is 15.9 Å². The van der Waals surface area contributed by atoms with Gasteiger partial charge in [-0.05, 0) is 5.56 Å². The highest BCUT2D eigenvalue weighted by Gasteiger charge is 2.22. The Morgan fingerprint density at radius 2 is 1.90 bits per heavy atom. The molecule has 2 aromatic rings. The van der Waals surface area contributed by atoms with Crippen LogP contribution in [-0.2, 0) is 16.6 Å². The molecule has 20 heavy (non-hydrogen) atoms. The monoisotopic (exact) mass is 311 g/mol. The summed E-state index contributed by atoms with van der Waals surface area (Å²) in [5, 5.41) is 2.84. The minimum Gasteiger partial charge on any atom is -0.290 e. The fourth-order valence-electron chi connectivity index (χ4n) is 1.59. The van der Waals surface area contributed by atoms with Gasteiger partial charge in [-0.2, -0.15) is 11.3 Å². The highest BCUT2D eigenvalue weighted by atomic mass is 32.2. The summed E-state index contributed by atoms with van der Waals surface area (Å²) in [6.45, 7) is 0.155. The fraction of sp³-hybridized carbons (Fsp3) is 0.0833. The second-order valence-electron chi connectivity index (χ2n) is 3.93. The molecule has 0 bridgehead atoms. The lowest BCUT2D eigenvalue weighted by Crippen LogP contribution is -2.32. The second kappa shape index (κ2) is 6.14. The Morgan fingerprint density at radius 1 is 1.20 bits per heavy atom. The van der Waals surface area contributed by atoms with Gasteiger partial charge < -0.3 is 0 Å². The van der Waals surface area contributed by atoms with Gasteiger partial charge in [0.1, 0.15) is 4.90 Å². The summed E-state index contributed by atoms with van der Waals surface area (Å²) in [7, 11) is -3.76. The van der Waals surface area contributed by atoms with E-state index in [4.69, 9.17) is 5.84 Å². The third-order valence-corrected chi connectivity index (χ3v) is 4.93. The van der Waals surface area contributed by atoms with Crippen molar-refractivity contribution in [3.63, 3.8) is 0 Å². The molecule has 0 saturated carbocycles. The van der Waals surface area contributed by atoms with Crippen LogP contribution in [0.25, 0.3) is 0 Å². The minimum absolute atomic E-state index is 0.0399. The number of nitrogen functional groups attached to an aromatic ring is 1. The van der Waals surface area contributed by atoms with Gasteiger partial charge in [0.2, 0.25) is 10.0 Å². The zero-order valence-electron chi connectivity index (χ0n) is 10.4. The summed E-state index contributed by atoms with van der Waals surface area (Å²) in [6.07, 6.45) is 0. The largest absolute Gasteiger partial charge is 0.290 e. The molecular formula is C12H13N3O3S2. The zero-order valence-corrected chi connectivity index (χ0v) is 12.0. The molecule has 2 rings (SSSR count). The molecule has 0 atom stereocenters. The number of thiophene rings is 1. The van der Waals surface area contributed by atoms with Crippen LogP contribution in [0, 0.1) is 0 Å². The number of nitrogens with two attached hydrogens (primary N) is 1. The van der Waals surface area contributed by atoms with E-state index in [0.717, 1.165) is 16.9 Å². The standard InChI is InChI=1S/C12H13N3O3S2/c13-15-12(16)10-7-19-8-11(10)20(17,18)14-6-9-4-2-1-3-5-9/h1-5,7-8,14H,6,13H2,(H,15,16). The number of benzene rings is 1. The Bertz CT molecular complexity index is 696. The van der Waals surface area contributed by atoms with Crippen molar-refractivity contribution >= 4 is 27.3 Å². The average molecular weight is 311 g/mol. The van der Waals surface area contributed by atoms with Gasteiger partial charge in [0, 0.05) is 17.3 Å². The van der Waals surface area contributed by atoms with Gasteiger partial charge in [0.15, 0.2) is 0 Å². The molecule has 0 saturated heterocycles. The molecule has 1 amide bonds. The minimum atomic E-state index is -3.76. The Labute approximate surface area is 120 Å². The number of carbonyl (C=O) groups is 1. The highest BCUT2D eigenvalue weighted by Crippen LogP contribution is 2.20. The summed E-state index contributed by atoms with van der Waals surface area (Å²) in [6, 6.07) is 9.11. The number of sulfonamides is 1. The Morgan fingerprint density at radius 3 is 2.55 bits per heavy atom. The van der Waals surface area contributed by atoms with Crippen molar-refractivity contribution in [1.82, 2.24) is 10.1 Å². The van der Waals surface area contributed by atoms with Crippen LogP contribution < -0.4 is 16.0 Å². The lowest BCUT2D eigenvalue weighted by Gasteiger charge is -2.07. The van der Waals surface area contributed by atoms with Gasteiger partial charge >= 0.3 is 0 Å². The van der Waals surface area contributed by atoms with Crippen molar-refractivity contribution in [2.45, 2.75) is 11.4 Å². The number of amides is 1. The zero-order chi connectivity index (χ0) is 14.6. The predicted molar refractivity (Wildman–Crippen MR) is 76.4 cm³/mol. The van der Waals surface area contributed by atoms with Gasteiger partial charge in [-0.3, -0.25) is 10.2 Å². The summed E-state index contributed by atoms with van der Waals surface area (Å²) < 4.78 is 26.8. The summed E-state index contributed by atoms with van der Waals surface area (Å²) in [5.74, 6) is 4.40. The maximum Gasteiger partial charge on any atom is 0.267 e. The van der Waals surface area contributed by atoms with E-state index in [2.05, 4.69) is 4.72 Å². The Kier molecular flexibility index (Phi) is 4.50. The van der Waals surface area contributed by atoms with Crippen LogP contribution in [0.3, 0.4) is 0 Å². The van der Waals surface area contributed by atoms with Crippen LogP contribution in [0.2, 0.25) is 0 Å². The lowest BCUT2D eigenvalue weighted by molar-refractivity contribution is 0.0951. The number of rotatable bonds is 5. The third-order valence-electron chi connectivity index (χ3n) is 2.60. The molecular weight excluding hydrogens is 298 g/mol. The number of nitrogens with one attached hydrogen (secondary N) is 2. The topological polar surface area (TPSA) is 101 Å². The van der Waals surface area contributed by atoms with Gasteiger partial charge in [-0.15, -0.1) is 0 Å². The summed E-state index contributed by atoms with van der Waals surface area (Å²) in [5.41, 5.74) is 2.80. The smallest absolute Gasteiger partial charge is 0.267 e. The fourth-order valence-corrected chi connectivity index (χ4v) is 3.98. The van der Waals surface area contributed by atoms with Crippen molar-refractivity contribution in [2.75, 3.05) is 0 Å². The van der Waals surface area contributed by atoms with Crippen LogP contribution in [-0.4, -0.2) is 14.3 Å². The Hall–Kier alpha value is -1.74. The first-order valence-electron chi connectivity index (χ1n) is 5.65. The maximum atomic E-state index is 12.2. The van der Waals surface area contributed by atoms with Crippen molar-refractivity contribution in [1.29, 1.82) is 0 Å². The molecule has 1 heterocycles. The number of hydrogen-bond donors (Lipinski definition) is 3. The van der Waals surface area contributed by atoms with E-state index in [1.54, 1.807) is 0 Å². The quantitative estimate of drug-likeness (QED) is 0.432. The van der Waals surface area contributed by atoms with Crippen molar-refractivity contribution in [2.24, 2.45) is 5.84 Å². The van der Waals surface area contributed by atoms with E-state index >= 15 is 0 Å². The predicted octanol–water partition coefficient (Wildman–Crippen LogP) is 0.830. The molecule has 8 heteroatoms. The van der Waals surface area contributed by atoms with Gasteiger partial charge in [0.05, 0.1) is 5.56 Å².